The molecule has 0 atom stereocenters. The number of carbonyl (C=O) groups is 1. The van der Waals surface area contributed by atoms with Gasteiger partial charge in [0.1, 0.15) is 0 Å². The molecule has 0 saturated heterocycles. The SMILES string of the molecule is CC(C)CCc1c(C(=O)O)nnn1C1CC1. The van der Waals surface area contributed by atoms with Crippen LogP contribution >= 0.6 is 0 Å². The van der Waals surface area contributed by atoms with E-state index in [9.17, 15) is 4.79 Å². The number of rotatable bonds is 5. The van der Waals surface area contributed by atoms with E-state index in [4.69, 9.17) is 5.11 Å². The van der Waals surface area contributed by atoms with Crippen LogP contribution in [0, 0.1) is 5.92 Å². The highest BCUT2D eigenvalue weighted by atomic mass is 16.4. The van der Waals surface area contributed by atoms with E-state index >= 15 is 0 Å². The lowest BCUT2D eigenvalue weighted by atomic mass is 10.1. The standard InChI is InChI=1S/C11H17N3O2/c1-7(2)3-6-9-10(11(15)16)12-13-14(9)8-4-5-8/h7-8H,3-6H2,1-2H3,(H,15,16). The van der Waals surface area contributed by atoms with E-state index in [2.05, 4.69) is 24.2 Å². The normalized spacial score (nSPS) is 15.7. The number of hydrogen-bond acceptors (Lipinski definition) is 3. The predicted octanol–water partition coefficient (Wildman–Crippen LogP) is 1.90. The van der Waals surface area contributed by atoms with E-state index < -0.39 is 5.97 Å². The summed E-state index contributed by atoms with van der Waals surface area (Å²) in [5.74, 6) is -0.408. The molecule has 0 amide bonds. The molecule has 1 aromatic rings. The van der Waals surface area contributed by atoms with Crippen LogP contribution in [-0.2, 0) is 6.42 Å². The molecule has 16 heavy (non-hydrogen) atoms. The van der Waals surface area contributed by atoms with E-state index in [-0.39, 0.29) is 5.69 Å². The summed E-state index contributed by atoms with van der Waals surface area (Å²) in [6.45, 7) is 4.26. The minimum Gasteiger partial charge on any atom is -0.476 e. The highest BCUT2D eigenvalue weighted by Gasteiger charge is 2.30. The molecule has 0 bridgehead atoms. The zero-order valence-corrected chi connectivity index (χ0v) is 9.68. The van der Waals surface area contributed by atoms with Crippen molar-refractivity contribution >= 4 is 5.97 Å². The van der Waals surface area contributed by atoms with Crippen LogP contribution in [0.1, 0.15) is 55.3 Å². The number of nitrogens with zero attached hydrogens (tertiary/aromatic N) is 3. The second-order valence-corrected chi connectivity index (χ2v) is 4.80. The first-order valence-corrected chi connectivity index (χ1v) is 5.77. The van der Waals surface area contributed by atoms with Gasteiger partial charge in [-0.3, -0.25) is 0 Å². The summed E-state index contributed by atoms with van der Waals surface area (Å²) >= 11 is 0. The van der Waals surface area contributed by atoms with Gasteiger partial charge in [0.15, 0.2) is 5.69 Å². The molecule has 1 heterocycles. The first-order chi connectivity index (χ1) is 7.59. The molecule has 1 saturated carbocycles. The van der Waals surface area contributed by atoms with Crippen molar-refractivity contribution in [3.8, 4) is 0 Å². The Labute approximate surface area is 94.5 Å². The molecular weight excluding hydrogens is 206 g/mol. The van der Waals surface area contributed by atoms with Gasteiger partial charge in [-0.05, 0) is 31.6 Å². The molecule has 0 spiro atoms. The van der Waals surface area contributed by atoms with Crippen LogP contribution in [0.25, 0.3) is 0 Å². The number of carboxylic acids is 1. The second-order valence-electron chi connectivity index (χ2n) is 4.80. The summed E-state index contributed by atoms with van der Waals surface area (Å²) in [5.41, 5.74) is 0.927. The summed E-state index contributed by atoms with van der Waals surface area (Å²) in [6.07, 6.45) is 3.91. The maximum Gasteiger partial charge on any atom is 0.358 e. The Morgan fingerprint density at radius 2 is 2.25 bits per heavy atom. The summed E-state index contributed by atoms with van der Waals surface area (Å²) < 4.78 is 1.81. The Morgan fingerprint density at radius 1 is 1.56 bits per heavy atom. The maximum absolute atomic E-state index is 11.0. The van der Waals surface area contributed by atoms with Crippen molar-refractivity contribution in [1.29, 1.82) is 0 Å². The first kappa shape index (κ1) is 11.1. The maximum atomic E-state index is 11.0. The Kier molecular flexibility index (Phi) is 2.94. The molecule has 0 radical (unpaired) electrons. The summed E-state index contributed by atoms with van der Waals surface area (Å²) in [6, 6.07) is 0.391. The quantitative estimate of drug-likeness (QED) is 0.827. The Bertz CT molecular complexity index is 394. The number of aromatic nitrogens is 3. The van der Waals surface area contributed by atoms with Crippen molar-refractivity contribution in [1.82, 2.24) is 15.0 Å². The molecule has 0 unspecified atom stereocenters. The third-order valence-corrected chi connectivity index (χ3v) is 2.84. The Balaban J connectivity index is 2.22. The van der Waals surface area contributed by atoms with Crippen molar-refractivity contribution in [3.05, 3.63) is 11.4 Å². The van der Waals surface area contributed by atoms with Crippen LogP contribution in [0.3, 0.4) is 0 Å². The van der Waals surface area contributed by atoms with Gasteiger partial charge in [0, 0.05) is 0 Å². The average Bonchev–Trinajstić information content (AvgIpc) is 2.95. The van der Waals surface area contributed by atoms with Crippen LogP contribution in [-0.4, -0.2) is 26.1 Å². The van der Waals surface area contributed by atoms with Crippen molar-refractivity contribution in [2.75, 3.05) is 0 Å². The molecule has 88 valence electrons. The van der Waals surface area contributed by atoms with Crippen molar-refractivity contribution < 1.29 is 9.90 Å². The predicted molar refractivity (Wildman–Crippen MR) is 58.4 cm³/mol. The monoisotopic (exact) mass is 223 g/mol. The van der Waals surface area contributed by atoms with Gasteiger partial charge < -0.3 is 5.11 Å². The van der Waals surface area contributed by atoms with E-state index in [1.165, 1.54) is 0 Å². The van der Waals surface area contributed by atoms with E-state index in [1.54, 1.807) is 0 Å². The number of aromatic carboxylic acids is 1. The third kappa shape index (κ3) is 2.23. The van der Waals surface area contributed by atoms with Gasteiger partial charge in [0.2, 0.25) is 0 Å². The van der Waals surface area contributed by atoms with Gasteiger partial charge in [-0.25, -0.2) is 9.48 Å². The van der Waals surface area contributed by atoms with Gasteiger partial charge in [-0.1, -0.05) is 19.1 Å². The molecule has 1 fully saturated rings. The van der Waals surface area contributed by atoms with Crippen molar-refractivity contribution in [3.63, 3.8) is 0 Å². The number of hydrogen-bond donors (Lipinski definition) is 1. The minimum absolute atomic E-state index is 0.132. The summed E-state index contributed by atoms with van der Waals surface area (Å²) in [4.78, 5) is 11.0. The fourth-order valence-electron chi connectivity index (χ4n) is 1.75. The van der Waals surface area contributed by atoms with Crippen molar-refractivity contribution in [2.24, 2.45) is 5.92 Å². The van der Waals surface area contributed by atoms with Gasteiger partial charge in [0.05, 0.1) is 11.7 Å². The van der Waals surface area contributed by atoms with Crippen LogP contribution < -0.4 is 0 Å². The van der Waals surface area contributed by atoms with E-state index in [1.807, 2.05) is 4.68 Å². The van der Waals surface area contributed by atoms with Crippen LogP contribution in [0.4, 0.5) is 0 Å². The molecule has 0 aliphatic heterocycles. The van der Waals surface area contributed by atoms with Gasteiger partial charge in [-0.2, -0.15) is 0 Å². The first-order valence-electron chi connectivity index (χ1n) is 5.77. The van der Waals surface area contributed by atoms with Gasteiger partial charge >= 0.3 is 5.97 Å². The fraction of sp³-hybridized carbons (Fsp3) is 0.727. The van der Waals surface area contributed by atoms with E-state index in [0.29, 0.717) is 12.0 Å². The van der Waals surface area contributed by atoms with Crippen LogP contribution in [0.5, 0.6) is 0 Å². The smallest absolute Gasteiger partial charge is 0.358 e. The largest absolute Gasteiger partial charge is 0.476 e. The molecule has 1 aliphatic rings. The lowest BCUT2D eigenvalue weighted by molar-refractivity contribution is 0.0689. The second kappa shape index (κ2) is 4.23. The molecule has 1 aromatic heterocycles. The van der Waals surface area contributed by atoms with E-state index in [0.717, 1.165) is 31.4 Å². The van der Waals surface area contributed by atoms with Crippen molar-refractivity contribution in [2.45, 2.75) is 45.6 Å². The lowest BCUT2D eigenvalue weighted by Crippen LogP contribution is -2.08. The fourth-order valence-corrected chi connectivity index (χ4v) is 1.75. The molecule has 5 heteroatoms. The highest BCUT2D eigenvalue weighted by molar-refractivity contribution is 5.86. The van der Waals surface area contributed by atoms with Gasteiger partial charge in [0.25, 0.3) is 0 Å². The highest BCUT2D eigenvalue weighted by Crippen LogP contribution is 2.35. The number of carboxylic acid groups (broad SMARTS) is 1. The molecule has 0 aromatic carbocycles. The molecule has 2 rings (SSSR count). The Hall–Kier alpha value is -1.39. The topological polar surface area (TPSA) is 68.0 Å². The summed E-state index contributed by atoms with van der Waals surface area (Å²) in [5, 5.41) is 16.8. The molecule has 1 N–H and O–H groups in total. The van der Waals surface area contributed by atoms with Gasteiger partial charge in [-0.15, -0.1) is 5.10 Å². The van der Waals surface area contributed by atoms with Crippen LogP contribution in [0.2, 0.25) is 0 Å². The molecule has 1 aliphatic carbocycles. The minimum atomic E-state index is -0.967. The summed E-state index contributed by atoms with van der Waals surface area (Å²) in [7, 11) is 0. The average molecular weight is 223 g/mol. The lowest BCUT2D eigenvalue weighted by Gasteiger charge is -2.07. The molecule has 5 nitrogen and oxygen atoms in total. The third-order valence-electron chi connectivity index (χ3n) is 2.84. The molecular formula is C11H17N3O2. The van der Waals surface area contributed by atoms with Crippen LogP contribution in [0.15, 0.2) is 0 Å². The zero-order chi connectivity index (χ0) is 11.7. The Morgan fingerprint density at radius 3 is 2.75 bits per heavy atom. The zero-order valence-electron chi connectivity index (χ0n) is 9.68.